The second-order valence-corrected chi connectivity index (χ2v) is 9.63. The van der Waals surface area contributed by atoms with Crippen molar-refractivity contribution in [2.45, 2.75) is 103 Å². The highest BCUT2D eigenvalue weighted by molar-refractivity contribution is 5.35. The Kier molecular flexibility index (Phi) is 7.79. The van der Waals surface area contributed by atoms with E-state index in [0.717, 1.165) is 31.1 Å². The molecule has 0 aliphatic heterocycles. The summed E-state index contributed by atoms with van der Waals surface area (Å²) < 4.78 is 15.1. The van der Waals surface area contributed by atoms with Crippen molar-refractivity contribution in [2.24, 2.45) is 23.7 Å². The number of alkyl halides is 1. The molecule has 3 rings (SSSR count). The lowest BCUT2D eigenvalue weighted by Crippen LogP contribution is -2.24. The molecule has 0 N–H and O–H groups in total. The maximum Gasteiger partial charge on any atom is 0.101 e. The van der Waals surface area contributed by atoms with Gasteiger partial charge in [-0.15, -0.1) is 0 Å². The summed E-state index contributed by atoms with van der Waals surface area (Å²) in [5, 5.41) is 0. The predicted molar refractivity (Wildman–Crippen MR) is 115 cm³/mol. The van der Waals surface area contributed by atoms with Crippen LogP contribution in [-0.4, -0.2) is 6.17 Å². The van der Waals surface area contributed by atoms with Crippen molar-refractivity contribution >= 4 is 0 Å². The van der Waals surface area contributed by atoms with Gasteiger partial charge in [0.2, 0.25) is 0 Å². The zero-order valence-corrected chi connectivity index (χ0v) is 17.9. The van der Waals surface area contributed by atoms with Gasteiger partial charge in [-0.1, -0.05) is 77.1 Å². The van der Waals surface area contributed by atoms with E-state index in [1.165, 1.54) is 62.5 Å². The molecule has 0 aromatic heterocycles. The third kappa shape index (κ3) is 5.36. The number of aryl methyl sites for hydroxylation is 1. The van der Waals surface area contributed by atoms with Crippen LogP contribution in [0, 0.1) is 23.7 Å². The van der Waals surface area contributed by atoms with Crippen molar-refractivity contribution in [3.63, 3.8) is 0 Å². The van der Waals surface area contributed by atoms with Crippen LogP contribution in [0.3, 0.4) is 0 Å². The second-order valence-electron chi connectivity index (χ2n) is 9.63. The Balaban J connectivity index is 1.49. The Labute approximate surface area is 167 Å². The Morgan fingerprint density at radius 3 is 2.44 bits per heavy atom. The molecule has 0 amide bonds. The summed E-state index contributed by atoms with van der Waals surface area (Å²) in [5.41, 5.74) is 3.02. The fraction of sp³-hybridized carbons (Fsp3) is 0.769. The SMILES string of the molecule is CCCC1CCC(C(C)CC(F)CC(CC)C2CCc3ccccc32)CC1. The molecule has 2 aliphatic carbocycles. The third-order valence-corrected chi connectivity index (χ3v) is 7.85. The first-order valence-electron chi connectivity index (χ1n) is 11.8. The Morgan fingerprint density at radius 2 is 1.74 bits per heavy atom. The fourth-order valence-electron chi connectivity index (χ4n) is 6.17. The third-order valence-electron chi connectivity index (χ3n) is 7.85. The summed E-state index contributed by atoms with van der Waals surface area (Å²) in [5.74, 6) is 3.37. The van der Waals surface area contributed by atoms with Crippen LogP contribution in [0.2, 0.25) is 0 Å². The quantitative estimate of drug-likeness (QED) is 0.410. The lowest BCUT2D eigenvalue weighted by molar-refractivity contribution is 0.149. The summed E-state index contributed by atoms with van der Waals surface area (Å²) in [6.45, 7) is 6.88. The number of rotatable bonds is 9. The smallest absolute Gasteiger partial charge is 0.101 e. The molecule has 27 heavy (non-hydrogen) atoms. The van der Waals surface area contributed by atoms with Crippen molar-refractivity contribution in [1.29, 1.82) is 0 Å². The summed E-state index contributed by atoms with van der Waals surface area (Å²) >= 11 is 0. The van der Waals surface area contributed by atoms with Crippen LogP contribution in [0.5, 0.6) is 0 Å². The van der Waals surface area contributed by atoms with Gasteiger partial charge in [-0.25, -0.2) is 4.39 Å². The number of halogens is 1. The molecule has 1 heteroatoms. The lowest BCUT2D eigenvalue weighted by atomic mass is 9.73. The normalized spacial score (nSPS) is 28.5. The van der Waals surface area contributed by atoms with Gasteiger partial charge in [0.15, 0.2) is 0 Å². The molecule has 1 aromatic carbocycles. The fourth-order valence-corrected chi connectivity index (χ4v) is 6.17. The van der Waals surface area contributed by atoms with Crippen molar-refractivity contribution in [2.75, 3.05) is 0 Å². The van der Waals surface area contributed by atoms with E-state index < -0.39 is 6.17 Å². The van der Waals surface area contributed by atoms with E-state index in [1.54, 1.807) is 0 Å². The van der Waals surface area contributed by atoms with Crippen LogP contribution < -0.4 is 0 Å². The molecule has 1 saturated carbocycles. The molecule has 1 fully saturated rings. The van der Waals surface area contributed by atoms with Crippen molar-refractivity contribution in [1.82, 2.24) is 0 Å². The van der Waals surface area contributed by atoms with E-state index >= 15 is 4.39 Å². The van der Waals surface area contributed by atoms with Gasteiger partial charge in [-0.2, -0.15) is 0 Å². The van der Waals surface area contributed by atoms with Gasteiger partial charge in [0.1, 0.15) is 6.17 Å². The van der Waals surface area contributed by atoms with Crippen LogP contribution in [-0.2, 0) is 6.42 Å². The zero-order chi connectivity index (χ0) is 19.2. The summed E-state index contributed by atoms with van der Waals surface area (Å²) in [7, 11) is 0. The first-order valence-corrected chi connectivity index (χ1v) is 11.8. The van der Waals surface area contributed by atoms with Gasteiger partial charge in [-0.3, -0.25) is 0 Å². The summed E-state index contributed by atoms with van der Waals surface area (Å²) in [6, 6.07) is 8.87. The first kappa shape index (κ1) is 20.9. The van der Waals surface area contributed by atoms with Gasteiger partial charge in [0, 0.05) is 0 Å². The minimum absolute atomic E-state index is 0.510. The predicted octanol–water partition coefficient (Wildman–Crippen LogP) is 8.10. The number of benzene rings is 1. The molecule has 0 saturated heterocycles. The van der Waals surface area contributed by atoms with Crippen molar-refractivity contribution < 1.29 is 4.39 Å². The highest BCUT2D eigenvalue weighted by atomic mass is 19.1. The molecule has 0 bridgehead atoms. The molecule has 4 atom stereocenters. The van der Waals surface area contributed by atoms with E-state index in [1.807, 2.05) is 0 Å². The van der Waals surface area contributed by atoms with E-state index in [9.17, 15) is 0 Å². The molecule has 2 aliphatic rings. The molecule has 4 unspecified atom stereocenters. The molecule has 0 heterocycles. The van der Waals surface area contributed by atoms with E-state index in [0.29, 0.717) is 17.8 Å². The minimum atomic E-state index is -0.619. The molecular formula is C26H41F. The molecule has 0 spiro atoms. The maximum atomic E-state index is 15.1. The highest BCUT2D eigenvalue weighted by Crippen LogP contribution is 2.43. The molecule has 0 radical (unpaired) electrons. The maximum absolute atomic E-state index is 15.1. The topological polar surface area (TPSA) is 0 Å². The Hall–Kier alpha value is -0.850. The van der Waals surface area contributed by atoms with Gasteiger partial charge in [0.25, 0.3) is 0 Å². The van der Waals surface area contributed by atoms with Crippen LogP contribution >= 0.6 is 0 Å². The zero-order valence-electron chi connectivity index (χ0n) is 17.9. The van der Waals surface area contributed by atoms with Gasteiger partial charge >= 0.3 is 0 Å². The van der Waals surface area contributed by atoms with E-state index in [2.05, 4.69) is 45.0 Å². The Morgan fingerprint density at radius 1 is 1.00 bits per heavy atom. The first-order chi connectivity index (χ1) is 13.1. The van der Waals surface area contributed by atoms with Gasteiger partial charge in [-0.05, 0) is 79.2 Å². The molecule has 152 valence electrons. The standard InChI is InChI=1S/C26H41F/c1-4-8-20-11-13-22(14-12-20)19(3)17-24(27)18-21(5-2)26-16-15-23-9-6-7-10-25(23)26/h6-7,9-10,19-22,24,26H,4-5,8,11-18H2,1-3H3. The second kappa shape index (κ2) is 10.1. The average molecular weight is 373 g/mol. The molecule has 0 nitrogen and oxygen atoms in total. The van der Waals surface area contributed by atoms with Gasteiger partial charge in [0.05, 0.1) is 0 Å². The van der Waals surface area contributed by atoms with Crippen molar-refractivity contribution in [3.8, 4) is 0 Å². The Bertz CT molecular complexity index is 557. The highest BCUT2D eigenvalue weighted by Gasteiger charge is 2.32. The number of hydrogen-bond acceptors (Lipinski definition) is 0. The molecular weight excluding hydrogens is 331 g/mol. The minimum Gasteiger partial charge on any atom is -0.247 e. The van der Waals surface area contributed by atoms with Crippen LogP contribution in [0.1, 0.15) is 102 Å². The van der Waals surface area contributed by atoms with Crippen LogP contribution in [0.4, 0.5) is 4.39 Å². The monoisotopic (exact) mass is 372 g/mol. The number of hydrogen-bond donors (Lipinski definition) is 0. The summed E-state index contributed by atoms with van der Waals surface area (Å²) in [6.07, 6.45) is 12.6. The molecule has 1 aromatic rings. The summed E-state index contributed by atoms with van der Waals surface area (Å²) in [4.78, 5) is 0. The van der Waals surface area contributed by atoms with Gasteiger partial charge < -0.3 is 0 Å². The lowest BCUT2D eigenvalue weighted by Gasteiger charge is -2.33. The van der Waals surface area contributed by atoms with E-state index in [4.69, 9.17) is 0 Å². The van der Waals surface area contributed by atoms with E-state index in [-0.39, 0.29) is 0 Å². The average Bonchev–Trinajstić information content (AvgIpc) is 3.11. The van der Waals surface area contributed by atoms with Crippen LogP contribution in [0.25, 0.3) is 0 Å². The largest absolute Gasteiger partial charge is 0.247 e. The van der Waals surface area contributed by atoms with Crippen molar-refractivity contribution in [3.05, 3.63) is 35.4 Å². The van der Waals surface area contributed by atoms with Crippen LogP contribution in [0.15, 0.2) is 24.3 Å². The number of fused-ring (bicyclic) bond motifs is 1.